The summed E-state index contributed by atoms with van der Waals surface area (Å²) < 4.78 is 17.7. The highest BCUT2D eigenvalue weighted by Crippen LogP contribution is 2.36. The zero-order valence-electron chi connectivity index (χ0n) is 14.3. The van der Waals surface area contributed by atoms with Crippen LogP contribution in [0.15, 0.2) is 0 Å². The van der Waals surface area contributed by atoms with Crippen molar-refractivity contribution >= 4 is 0 Å². The van der Waals surface area contributed by atoms with Gasteiger partial charge < -0.3 is 19.5 Å². The Morgan fingerprint density at radius 1 is 0.955 bits per heavy atom. The van der Waals surface area contributed by atoms with E-state index in [1.165, 1.54) is 32.1 Å². The highest BCUT2D eigenvalue weighted by molar-refractivity contribution is 4.89. The molecule has 0 aromatic rings. The Labute approximate surface area is 135 Å². The van der Waals surface area contributed by atoms with Crippen LogP contribution in [0.25, 0.3) is 0 Å². The summed E-state index contributed by atoms with van der Waals surface area (Å²) in [5.74, 6) is 0.492. The third kappa shape index (κ3) is 3.84. The SMILES string of the molecule is CCC(CC)C1CC(NC2CCC3(CC2)OCCO3)CCO1. The minimum atomic E-state index is -0.230. The number of ether oxygens (including phenoxy) is 3. The number of rotatable bonds is 5. The van der Waals surface area contributed by atoms with E-state index in [0.717, 1.165) is 45.0 Å². The Kier molecular flexibility index (Phi) is 5.77. The molecule has 0 aromatic heterocycles. The van der Waals surface area contributed by atoms with E-state index < -0.39 is 0 Å². The van der Waals surface area contributed by atoms with Gasteiger partial charge in [0.2, 0.25) is 0 Å². The van der Waals surface area contributed by atoms with Crippen LogP contribution in [-0.2, 0) is 14.2 Å². The number of hydrogen-bond acceptors (Lipinski definition) is 4. The Hall–Kier alpha value is -0.160. The first-order valence-electron chi connectivity index (χ1n) is 9.40. The van der Waals surface area contributed by atoms with E-state index in [2.05, 4.69) is 19.2 Å². The molecule has 2 heterocycles. The van der Waals surface area contributed by atoms with E-state index in [-0.39, 0.29) is 5.79 Å². The second kappa shape index (κ2) is 7.61. The van der Waals surface area contributed by atoms with Gasteiger partial charge in [-0.2, -0.15) is 0 Å². The number of nitrogens with one attached hydrogen (secondary N) is 1. The zero-order valence-corrected chi connectivity index (χ0v) is 14.3. The van der Waals surface area contributed by atoms with E-state index in [1.807, 2.05) is 0 Å². The van der Waals surface area contributed by atoms with Gasteiger partial charge >= 0.3 is 0 Å². The van der Waals surface area contributed by atoms with Gasteiger partial charge in [-0.3, -0.25) is 0 Å². The predicted molar refractivity (Wildman–Crippen MR) is 86.9 cm³/mol. The molecule has 0 bridgehead atoms. The second-order valence-electron chi connectivity index (χ2n) is 7.26. The first-order chi connectivity index (χ1) is 10.7. The molecule has 3 fully saturated rings. The molecular formula is C18H33NO3. The maximum atomic E-state index is 6.04. The lowest BCUT2D eigenvalue weighted by Gasteiger charge is -2.40. The summed E-state index contributed by atoms with van der Waals surface area (Å²) in [5, 5.41) is 3.91. The lowest BCUT2D eigenvalue weighted by Crippen LogP contribution is -2.49. The van der Waals surface area contributed by atoms with Gasteiger partial charge in [0.15, 0.2) is 5.79 Å². The minimum Gasteiger partial charge on any atom is -0.378 e. The van der Waals surface area contributed by atoms with Crippen molar-refractivity contribution in [2.75, 3.05) is 19.8 Å². The van der Waals surface area contributed by atoms with Crippen molar-refractivity contribution in [3.05, 3.63) is 0 Å². The smallest absolute Gasteiger partial charge is 0.168 e. The second-order valence-corrected chi connectivity index (χ2v) is 7.26. The molecule has 2 atom stereocenters. The molecule has 2 aliphatic heterocycles. The maximum Gasteiger partial charge on any atom is 0.168 e. The molecule has 2 saturated heterocycles. The van der Waals surface area contributed by atoms with Crippen molar-refractivity contribution in [3.8, 4) is 0 Å². The molecule has 1 aliphatic carbocycles. The molecule has 128 valence electrons. The molecule has 1 N–H and O–H groups in total. The average molecular weight is 311 g/mol. The number of hydrogen-bond donors (Lipinski definition) is 1. The third-order valence-corrected chi connectivity index (χ3v) is 5.92. The Morgan fingerprint density at radius 3 is 2.27 bits per heavy atom. The normalized spacial score (nSPS) is 32.9. The van der Waals surface area contributed by atoms with Crippen molar-refractivity contribution in [2.45, 2.75) is 89.2 Å². The van der Waals surface area contributed by atoms with Gasteiger partial charge in [-0.25, -0.2) is 0 Å². The van der Waals surface area contributed by atoms with Gasteiger partial charge in [-0.15, -0.1) is 0 Å². The van der Waals surface area contributed by atoms with Crippen LogP contribution in [0.4, 0.5) is 0 Å². The van der Waals surface area contributed by atoms with E-state index in [4.69, 9.17) is 14.2 Å². The minimum absolute atomic E-state index is 0.230. The van der Waals surface area contributed by atoms with Gasteiger partial charge in [0.05, 0.1) is 19.3 Å². The van der Waals surface area contributed by atoms with Gasteiger partial charge in [-0.05, 0) is 31.6 Å². The van der Waals surface area contributed by atoms with Gasteiger partial charge in [0, 0.05) is 31.5 Å². The summed E-state index contributed by atoms with van der Waals surface area (Å²) in [7, 11) is 0. The van der Waals surface area contributed by atoms with Crippen molar-refractivity contribution in [2.24, 2.45) is 5.92 Å². The molecule has 22 heavy (non-hydrogen) atoms. The predicted octanol–water partition coefficient (Wildman–Crippen LogP) is 3.25. The van der Waals surface area contributed by atoms with E-state index in [1.54, 1.807) is 0 Å². The van der Waals surface area contributed by atoms with Crippen LogP contribution in [-0.4, -0.2) is 43.8 Å². The van der Waals surface area contributed by atoms with Crippen molar-refractivity contribution in [1.82, 2.24) is 5.32 Å². The third-order valence-electron chi connectivity index (χ3n) is 5.92. The van der Waals surface area contributed by atoms with Crippen molar-refractivity contribution < 1.29 is 14.2 Å². The lowest BCUT2D eigenvalue weighted by molar-refractivity contribution is -0.180. The van der Waals surface area contributed by atoms with Gasteiger partial charge in [-0.1, -0.05) is 26.7 Å². The zero-order chi connectivity index (χ0) is 15.4. The largest absolute Gasteiger partial charge is 0.378 e. The summed E-state index contributed by atoms with van der Waals surface area (Å²) in [6.07, 6.45) is 9.70. The fourth-order valence-electron chi connectivity index (χ4n) is 4.47. The Morgan fingerprint density at radius 2 is 1.64 bits per heavy atom. The molecule has 0 radical (unpaired) electrons. The lowest BCUT2D eigenvalue weighted by atomic mass is 9.86. The molecule has 3 aliphatic rings. The van der Waals surface area contributed by atoms with Crippen molar-refractivity contribution in [3.63, 3.8) is 0 Å². The summed E-state index contributed by atoms with van der Waals surface area (Å²) in [4.78, 5) is 0. The van der Waals surface area contributed by atoms with Gasteiger partial charge in [0.25, 0.3) is 0 Å². The van der Waals surface area contributed by atoms with Crippen LogP contribution in [0, 0.1) is 5.92 Å². The summed E-state index contributed by atoms with van der Waals surface area (Å²) >= 11 is 0. The van der Waals surface area contributed by atoms with E-state index in [9.17, 15) is 0 Å². The molecule has 1 saturated carbocycles. The molecule has 1 spiro atoms. The highest BCUT2D eigenvalue weighted by atomic mass is 16.7. The van der Waals surface area contributed by atoms with Crippen LogP contribution >= 0.6 is 0 Å². The molecule has 2 unspecified atom stereocenters. The van der Waals surface area contributed by atoms with Crippen molar-refractivity contribution in [1.29, 1.82) is 0 Å². The van der Waals surface area contributed by atoms with Crippen LogP contribution in [0.5, 0.6) is 0 Å². The van der Waals surface area contributed by atoms with Gasteiger partial charge in [0.1, 0.15) is 0 Å². The van der Waals surface area contributed by atoms with E-state index >= 15 is 0 Å². The van der Waals surface area contributed by atoms with Crippen LogP contribution in [0.2, 0.25) is 0 Å². The van der Waals surface area contributed by atoms with E-state index in [0.29, 0.717) is 18.2 Å². The first kappa shape index (κ1) is 16.7. The molecule has 3 rings (SSSR count). The highest BCUT2D eigenvalue weighted by Gasteiger charge is 2.40. The fraction of sp³-hybridized carbons (Fsp3) is 1.00. The topological polar surface area (TPSA) is 39.7 Å². The average Bonchev–Trinajstić information content (AvgIpc) is 3.00. The van der Waals surface area contributed by atoms with Crippen LogP contribution in [0.1, 0.15) is 65.2 Å². The monoisotopic (exact) mass is 311 g/mol. The fourth-order valence-corrected chi connectivity index (χ4v) is 4.47. The van der Waals surface area contributed by atoms with Crippen LogP contribution < -0.4 is 5.32 Å². The molecule has 0 amide bonds. The molecule has 4 nitrogen and oxygen atoms in total. The summed E-state index contributed by atoms with van der Waals surface area (Å²) in [6, 6.07) is 1.26. The standard InChI is InChI=1S/C18H33NO3/c1-3-14(4-2)17-13-16(7-10-20-17)19-15-5-8-18(9-6-15)21-11-12-22-18/h14-17,19H,3-13H2,1-2H3. The summed E-state index contributed by atoms with van der Waals surface area (Å²) in [5.41, 5.74) is 0. The Balaban J connectivity index is 1.45. The maximum absolute atomic E-state index is 6.04. The Bertz CT molecular complexity index is 329. The van der Waals surface area contributed by atoms with Crippen LogP contribution in [0.3, 0.4) is 0 Å². The molecular weight excluding hydrogens is 278 g/mol. The quantitative estimate of drug-likeness (QED) is 0.846. The summed E-state index contributed by atoms with van der Waals surface area (Å²) in [6.45, 7) is 7.04. The molecule has 4 heteroatoms. The first-order valence-corrected chi connectivity index (χ1v) is 9.40. The molecule has 0 aromatic carbocycles.